The summed E-state index contributed by atoms with van der Waals surface area (Å²) >= 11 is 0. The molecule has 5 heavy (non-hydrogen) atoms. The van der Waals surface area contributed by atoms with Crippen molar-refractivity contribution < 1.29 is 15.3 Å². The van der Waals surface area contributed by atoms with Gasteiger partial charge in [-0.15, -0.1) is 0 Å². The van der Waals surface area contributed by atoms with Crippen LogP contribution in [0.2, 0.25) is 0 Å². The van der Waals surface area contributed by atoms with E-state index in [0.29, 0.717) is 0 Å². The van der Waals surface area contributed by atoms with Gasteiger partial charge >= 0.3 is 0 Å². The van der Waals surface area contributed by atoms with Gasteiger partial charge in [-0.1, -0.05) is 0 Å². The highest BCUT2D eigenvalue weighted by atomic mass is 17.1. The summed E-state index contributed by atoms with van der Waals surface area (Å²) in [5.41, 5.74) is 0. The second-order valence-corrected chi connectivity index (χ2v) is 0.305. The molecule has 0 aromatic carbocycles. The van der Waals surface area contributed by atoms with Gasteiger partial charge in [0.2, 0.25) is 0 Å². The SMILES string of the molecule is OC#COO. The summed E-state index contributed by atoms with van der Waals surface area (Å²) in [5, 5.41) is 14.7. The van der Waals surface area contributed by atoms with Crippen molar-refractivity contribution in [3.8, 4) is 12.2 Å². The number of aliphatic hydroxyl groups is 1. The Morgan fingerprint density at radius 1 is 1.60 bits per heavy atom. The second-order valence-electron chi connectivity index (χ2n) is 0.305. The number of aliphatic hydroxyl groups excluding tert-OH is 1. The molecule has 0 aliphatic carbocycles. The maximum Gasteiger partial charge on any atom is 0.200 e. The van der Waals surface area contributed by atoms with Crippen molar-refractivity contribution in [2.24, 2.45) is 0 Å². The molecule has 2 N–H and O–H groups in total. The zero-order valence-electron chi connectivity index (χ0n) is 2.30. The van der Waals surface area contributed by atoms with E-state index in [1.807, 2.05) is 0 Å². The van der Waals surface area contributed by atoms with Crippen LogP contribution in [0.25, 0.3) is 0 Å². The van der Waals surface area contributed by atoms with E-state index in [0.717, 1.165) is 0 Å². The maximum atomic E-state index is 7.42. The second kappa shape index (κ2) is 3.12. The molecule has 0 aliphatic heterocycles. The van der Waals surface area contributed by atoms with E-state index in [9.17, 15) is 0 Å². The van der Waals surface area contributed by atoms with E-state index in [-0.39, 0.29) is 0 Å². The standard InChI is InChI=1S/C2H2O3/c3-1-2-5-4/h3-4H. The minimum atomic E-state index is 1.30. The van der Waals surface area contributed by atoms with E-state index in [1.54, 1.807) is 0 Å². The highest BCUT2D eigenvalue weighted by Crippen LogP contribution is 1.45. The van der Waals surface area contributed by atoms with Crippen molar-refractivity contribution in [3.63, 3.8) is 0 Å². The van der Waals surface area contributed by atoms with Crippen LogP contribution in [0.4, 0.5) is 0 Å². The molecule has 0 saturated carbocycles. The molecule has 3 heteroatoms. The highest BCUT2D eigenvalue weighted by molar-refractivity contribution is 4.74. The molecule has 0 rings (SSSR count). The third kappa shape index (κ3) is 3.12. The fourth-order valence-corrected chi connectivity index (χ4v) is 0.0204. The third-order valence-electron chi connectivity index (χ3n) is 0.0913. The van der Waals surface area contributed by atoms with Crippen LogP contribution >= 0.6 is 0 Å². The molecule has 0 aromatic heterocycles. The average Bonchev–Trinajstić information content (AvgIpc) is 1.41. The highest BCUT2D eigenvalue weighted by Gasteiger charge is 1.48. The van der Waals surface area contributed by atoms with Gasteiger partial charge in [0.15, 0.2) is 12.2 Å². The van der Waals surface area contributed by atoms with E-state index < -0.39 is 0 Å². The van der Waals surface area contributed by atoms with Crippen molar-refractivity contribution in [2.45, 2.75) is 0 Å². The van der Waals surface area contributed by atoms with Crippen LogP contribution in [0.15, 0.2) is 0 Å². The molecular formula is C2H2O3. The Hall–Kier alpha value is -0.880. The topological polar surface area (TPSA) is 49.7 Å². The minimum Gasteiger partial charge on any atom is -0.460 e. The summed E-state index contributed by atoms with van der Waals surface area (Å²) in [4.78, 5) is 3.08. The molecule has 28 valence electrons. The van der Waals surface area contributed by atoms with Crippen LogP contribution in [0.1, 0.15) is 0 Å². The summed E-state index contributed by atoms with van der Waals surface area (Å²) in [7, 11) is 0. The van der Waals surface area contributed by atoms with Crippen molar-refractivity contribution in [1.82, 2.24) is 0 Å². The Labute approximate surface area is 28.7 Å². The van der Waals surface area contributed by atoms with Crippen molar-refractivity contribution in [1.29, 1.82) is 0 Å². The lowest BCUT2D eigenvalue weighted by Crippen LogP contribution is -1.62. The Balaban J connectivity index is 2.81. The van der Waals surface area contributed by atoms with Crippen molar-refractivity contribution in [3.05, 3.63) is 0 Å². The Morgan fingerprint density at radius 2 is 2.20 bits per heavy atom. The molecular weight excluding hydrogens is 72.0 g/mol. The van der Waals surface area contributed by atoms with Crippen LogP contribution in [-0.2, 0) is 4.89 Å². The molecule has 0 fully saturated rings. The molecule has 0 spiro atoms. The van der Waals surface area contributed by atoms with Crippen molar-refractivity contribution >= 4 is 0 Å². The molecule has 0 radical (unpaired) electrons. The fourth-order valence-electron chi connectivity index (χ4n) is 0.0204. The smallest absolute Gasteiger partial charge is 0.200 e. The van der Waals surface area contributed by atoms with Gasteiger partial charge < -0.3 is 5.11 Å². The zero-order chi connectivity index (χ0) is 4.12. The molecule has 0 amide bonds. The summed E-state index contributed by atoms with van der Waals surface area (Å²) in [6.07, 6.45) is 2.77. The van der Waals surface area contributed by atoms with E-state index in [4.69, 9.17) is 10.4 Å². The molecule has 0 unspecified atom stereocenters. The molecule has 3 nitrogen and oxygen atoms in total. The lowest BCUT2D eigenvalue weighted by molar-refractivity contribution is -0.172. The number of hydrogen-bond acceptors (Lipinski definition) is 3. The lowest BCUT2D eigenvalue weighted by Gasteiger charge is -1.64. The number of hydrogen-bond donors (Lipinski definition) is 2. The maximum absolute atomic E-state index is 7.42. The summed E-state index contributed by atoms with van der Waals surface area (Å²) in [6.45, 7) is 0. The Morgan fingerprint density at radius 3 is 2.20 bits per heavy atom. The Kier molecular flexibility index (Phi) is 2.57. The molecule has 0 bridgehead atoms. The first-order valence-corrected chi connectivity index (χ1v) is 0.860. The third-order valence-corrected chi connectivity index (χ3v) is 0.0913. The van der Waals surface area contributed by atoms with E-state index in [1.165, 1.54) is 12.2 Å². The normalized spacial score (nSPS) is 4.20. The van der Waals surface area contributed by atoms with Crippen LogP contribution in [0.5, 0.6) is 0 Å². The first kappa shape index (κ1) is 4.12. The zero-order valence-corrected chi connectivity index (χ0v) is 2.30. The van der Waals surface area contributed by atoms with E-state index in [2.05, 4.69) is 4.89 Å². The molecule has 0 aliphatic rings. The molecule has 0 atom stereocenters. The van der Waals surface area contributed by atoms with Crippen LogP contribution in [-0.4, -0.2) is 10.4 Å². The summed E-state index contributed by atoms with van der Waals surface area (Å²) in [6, 6.07) is 0. The molecule has 0 saturated heterocycles. The van der Waals surface area contributed by atoms with Gasteiger partial charge in [0.1, 0.15) is 0 Å². The average molecular weight is 74.0 g/mol. The van der Waals surface area contributed by atoms with Gasteiger partial charge in [-0.2, -0.15) is 5.26 Å². The van der Waals surface area contributed by atoms with Crippen LogP contribution in [0, 0.1) is 12.2 Å². The van der Waals surface area contributed by atoms with Crippen molar-refractivity contribution in [2.75, 3.05) is 0 Å². The predicted molar refractivity (Wildman–Crippen MR) is 13.4 cm³/mol. The minimum absolute atomic E-state index is 1.30. The van der Waals surface area contributed by atoms with Gasteiger partial charge in [0.05, 0.1) is 0 Å². The molecule has 0 aromatic rings. The monoisotopic (exact) mass is 74.0 g/mol. The molecule has 0 heterocycles. The fraction of sp³-hybridized carbons (Fsp3) is 0. The van der Waals surface area contributed by atoms with Gasteiger partial charge in [-0.25, -0.2) is 0 Å². The predicted octanol–water partition coefficient (Wildman–Crippen LogP) is -0.233. The first-order chi connectivity index (χ1) is 2.41. The first-order valence-electron chi connectivity index (χ1n) is 0.860. The van der Waals surface area contributed by atoms with E-state index >= 15 is 0 Å². The quantitative estimate of drug-likeness (QED) is 0.237. The Bertz CT molecular complexity index is 57.0. The largest absolute Gasteiger partial charge is 0.460 e. The van der Waals surface area contributed by atoms with Gasteiger partial charge in [-0.05, 0) is 0 Å². The van der Waals surface area contributed by atoms with Gasteiger partial charge in [0, 0.05) is 0 Å². The lowest BCUT2D eigenvalue weighted by atomic mass is 11.2. The summed E-state index contributed by atoms with van der Waals surface area (Å²) < 4.78 is 0. The van der Waals surface area contributed by atoms with Crippen LogP contribution < -0.4 is 0 Å². The number of rotatable bonds is 0. The van der Waals surface area contributed by atoms with Crippen LogP contribution in [0.3, 0.4) is 0 Å². The van der Waals surface area contributed by atoms with Gasteiger partial charge in [-0.3, -0.25) is 4.89 Å². The van der Waals surface area contributed by atoms with Gasteiger partial charge in [0.25, 0.3) is 0 Å². The summed E-state index contributed by atoms with van der Waals surface area (Å²) in [5.74, 6) is 0.